The van der Waals surface area contributed by atoms with E-state index in [1.54, 1.807) is 0 Å². The lowest BCUT2D eigenvalue weighted by atomic mass is 10.2. The van der Waals surface area contributed by atoms with E-state index in [1.807, 2.05) is 31.5 Å². The van der Waals surface area contributed by atoms with Crippen molar-refractivity contribution in [2.24, 2.45) is 0 Å². The maximum absolute atomic E-state index is 11.4. The van der Waals surface area contributed by atoms with Crippen molar-refractivity contribution >= 4 is 7.14 Å². The number of hydrogen-bond donors (Lipinski definition) is 1. The van der Waals surface area contributed by atoms with E-state index in [9.17, 15) is 4.57 Å². The zero-order valence-corrected chi connectivity index (χ0v) is 9.76. The average molecular weight is 211 g/mol. The molecule has 0 saturated carbocycles. The van der Waals surface area contributed by atoms with Gasteiger partial charge in [0.25, 0.3) is 0 Å². The van der Waals surface area contributed by atoms with Gasteiger partial charge in [0.05, 0.1) is 7.14 Å². The monoisotopic (exact) mass is 211 g/mol. The minimum atomic E-state index is -1.85. The highest BCUT2D eigenvalue weighted by Gasteiger charge is 2.04. The molecule has 14 heavy (non-hydrogen) atoms. The maximum Gasteiger partial charge on any atom is 0.0831 e. The smallest absolute Gasteiger partial charge is 0.0831 e. The van der Waals surface area contributed by atoms with Gasteiger partial charge in [-0.1, -0.05) is 30.3 Å². The summed E-state index contributed by atoms with van der Waals surface area (Å²) in [6.07, 6.45) is 0.778. The molecular weight excluding hydrogens is 193 g/mol. The molecule has 0 saturated heterocycles. The Bertz CT molecular complexity index is 304. The Labute approximate surface area is 86.1 Å². The van der Waals surface area contributed by atoms with E-state index in [0.29, 0.717) is 0 Å². The predicted octanol–water partition coefficient (Wildman–Crippen LogP) is 2.40. The molecule has 78 valence electrons. The van der Waals surface area contributed by atoms with Gasteiger partial charge in [0.1, 0.15) is 0 Å². The summed E-state index contributed by atoms with van der Waals surface area (Å²) in [6.45, 7) is 5.36. The van der Waals surface area contributed by atoms with Crippen LogP contribution in [0.5, 0.6) is 0 Å². The first-order valence-electron chi connectivity index (χ1n) is 4.86. The molecule has 0 fully saturated rings. The Morgan fingerprint density at radius 2 is 1.86 bits per heavy atom. The maximum atomic E-state index is 11.4. The average Bonchev–Trinajstić information content (AvgIpc) is 2.13. The molecular formula is C11H18NOP. The van der Waals surface area contributed by atoms with Crippen molar-refractivity contribution < 1.29 is 4.57 Å². The van der Waals surface area contributed by atoms with E-state index in [1.165, 1.54) is 5.56 Å². The van der Waals surface area contributed by atoms with Crippen molar-refractivity contribution in [2.75, 3.05) is 26.0 Å². The van der Waals surface area contributed by atoms with Gasteiger partial charge in [-0.2, -0.15) is 0 Å². The van der Waals surface area contributed by atoms with E-state index in [2.05, 4.69) is 17.4 Å². The van der Waals surface area contributed by atoms with Gasteiger partial charge in [0.15, 0.2) is 0 Å². The minimum absolute atomic E-state index is 0.778. The summed E-state index contributed by atoms with van der Waals surface area (Å²) in [5.41, 5.74) is 1.27. The molecule has 3 heteroatoms. The van der Waals surface area contributed by atoms with E-state index in [-0.39, 0.29) is 0 Å². The van der Waals surface area contributed by atoms with Crippen molar-refractivity contribution in [2.45, 2.75) is 6.54 Å². The molecule has 0 spiro atoms. The van der Waals surface area contributed by atoms with Crippen molar-refractivity contribution in [1.29, 1.82) is 0 Å². The fraction of sp³-hybridized carbons (Fsp3) is 0.455. The van der Waals surface area contributed by atoms with Gasteiger partial charge in [-0.05, 0) is 18.9 Å². The van der Waals surface area contributed by atoms with Crippen molar-refractivity contribution in [3.05, 3.63) is 35.9 Å². The molecule has 1 aromatic carbocycles. The Morgan fingerprint density at radius 1 is 1.21 bits per heavy atom. The second-order valence-electron chi connectivity index (χ2n) is 3.96. The highest BCUT2D eigenvalue weighted by atomic mass is 31.2. The highest BCUT2D eigenvalue weighted by molar-refractivity contribution is 7.62. The third kappa shape index (κ3) is 5.21. The van der Waals surface area contributed by atoms with Crippen LogP contribution in [0.2, 0.25) is 0 Å². The normalized spacial score (nSPS) is 11.6. The first-order chi connectivity index (χ1) is 6.58. The van der Waals surface area contributed by atoms with Crippen LogP contribution in [0.25, 0.3) is 0 Å². The fourth-order valence-electron chi connectivity index (χ4n) is 1.18. The quantitative estimate of drug-likeness (QED) is 0.598. The Kier molecular flexibility index (Phi) is 4.37. The Morgan fingerprint density at radius 3 is 2.43 bits per heavy atom. The highest BCUT2D eigenvalue weighted by Crippen LogP contribution is 2.34. The zero-order chi connectivity index (χ0) is 10.4. The van der Waals surface area contributed by atoms with Crippen LogP contribution < -0.4 is 5.32 Å². The Balaban J connectivity index is 2.20. The zero-order valence-electron chi connectivity index (χ0n) is 8.86. The van der Waals surface area contributed by atoms with Gasteiger partial charge in [-0.3, -0.25) is 0 Å². The summed E-state index contributed by atoms with van der Waals surface area (Å²) in [4.78, 5) is 0. The molecule has 2 nitrogen and oxygen atoms in total. The molecule has 0 atom stereocenters. The minimum Gasteiger partial charge on any atom is -0.324 e. The summed E-state index contributed by atoms with van der Waals surface area (Å²) < 4.78 is 11.4. The predicted molar refractivity (Wildman–Crippen MR) is 62.5 cm³/mol. The summed E-state index contributed by atoms with van der Waals surface area (Å²) in [5.74, 6) is 0. The molecule has 1 rings (SSSR count). The van der Waals surface area contributed by atoms with Gasteiger partial charge in [-0.15, -0.1) is 0 Å². The SMILES string of the molecule is CP(C)(=O)CCNCc1ccccc1. The van der Waals surface area contributed by atoms with Crippen LogP contribution in [0.4, 0.5) is 0 Å². The van der Waals surface area contributed by atoms with Crippen molar-refractivity contribution in [3.8, 4) is 0 Å². The van der Waals surface area contributed by atoms with Crippen LogP contribution in [0.1, 0.15) is 5.56 Å². The lowest BCUT2D eigenvalue weighted by Gasteiger charge is -2.07. The molecule has 0 aromatic heterocycles. The van der Waals surface area contributed by atoms with E-state index < -0.39 is 7.14 Å². The molecule has 0 bridgehead atoms. The molecule has 0 aliphatic rings. The van der Waals surface area contributed by atoms with Crippen LogP contribution in [-0.2, 0) is 11.1 Å². The van der Waals surface area contributed by atoms with Gasteiger partial charge >= 0.3 is 0 Å². The molecule has 0 aliphatic heterocycles. The lowest BCUT2D eigenvalue weighted by Crippen LogP contribution is -2.17. The van der Waals surface area contributed by atoms with Gasteiger partial charge in [0, 0.05) is 19.3 Å². The summed E-state index contributed by atoms with van der Waals surface area (Å²) in [7, 11) is -1.85. The van der Waals surface area contributed by atoms with E-state index in [4.69, 9.17) is 0 Å². The van der Waals surface area contributed by atoms with Crippen LogP contribution in [0.15, 0.2) is 30.3 Å². The van der Waals surface area contributed by atoms with Crippen molar-refractivity contribution in [1.82, 2.24) is 5.32 Å². The van der Waals surface area contributed by atoms with Crippen LogP contribution >= 0.6 is 7.14 Å². The largest absolute Gasteiger partial charge is 0.324 e. The van der Waals surface area contributed by atoms with Crippen LogP contribution in [0.3, 0.4) is 0 Å². The molecule has 0 aliphatic carbocycles. The number of hydrogen-bond acceptors (Lipinski definition) is 2. The Hall–Kier alpha value is -0.590. The van der Waals surface area contributed by atoms with Crippen LogP contribution in [0, 0.1) is 0 Å². The molecule has 0 radical (unpaired) electrons. The number of rotatable bonds is 5. The summed E-state index contributed by atoms with van der Waals surface area (Å²) in [5, 5.41) is 3.29. The third-order valence-corrected chi connectivity index (χ3v) is 3.30. The molecule has 0 amide bonds. The molecule has 1 N–H and O–H groups in total. The van der Waals surface area contributed by atoms with Gasteiger partial charge in [0.2, 0.25) is 0 Å². The number of nitrogens with one attached hydrogen (secondary N) is 1. The first-order valence-corrected chi connectivity index (χ1v) is 7.65. The molecule has 0 heterocycles. The first kappa shape index (κ1) is 11.5. The van der Waals surface area contributed by atoms with E-state index >= 15 is 0 Å². The topological polar surface area (TPSA) is 29.1 Å². The third-order valence-electron chi connectivity index (χ3n) is 2.00. The van der Waals surface area contributed by atoms with Crippen molar-refractivity contribution in [3.63, 3.8) is 0 Å². The fourth-order valence-corrected chi connectivity index (χ4v) is 1.87. The van der Waals surface area contributed by atoms with Gasteiger partial charge < -0.3 is 9.88 Å². The standard InChI is InChI=1S/C11H18NOP/c1-14(2,13)9-8-12-10-11-6-4-3-5-7-11/h3-7,12H,8-10H2,1-2H3. The van der Waals surface area contributed by atoms with E-state index in [0.717, 1.165) is 19.3 Å². The van der Waals surface area contributed by atoms with Gasteiger partial charge in [-0.25, -0.2) is 0 Å². The summed E-state index contributed by atoms with van der Waals surface area (Å²) >= 11 is 0. The summed E-state index contributed by atoms with van der Waals surface area (Å²) in [6, 6.07) is 10.2. The second-order valence-corrected chi connectivity index (χ2v) is 7.55. The molecule has 0 unspecified atom stereocenters. The number of benzene rings is 1. The second kappa shape index (κ2) is 5.33. The molecule has 1 aromatic rings. The van der Waals surface area contributed by atoms with Crippen LogP contribution in [-0.4, -0.2) is 26.0 Å². The lowest BCUT2D eigenvalue weighted by molar-refractivity contribution is 0.579.